The highest BCUT2D eigenvalue weighted by molar-refractivity contribution is 7.47. The second kappa shape index (κ2) is 37.9. The molecule has 3 unspecified atom stereocenters. The predicted octanol–water partition coefficient (Wildman–Crippen LogP) is 10.4. The summed E-state index contributed by atoms with van der Waals surface area (Å²) in [4.78, 5) is 22.5. The maximum absolute atomic E-state index is 12.6. The lowest BCUT2D eigenvalue weighted by atomic mass is 10.1. The third kappa shape index (κ3) is 37.7. The number of unbranched alkanes of at least 4 members (excludes halogenated alkanes) is 13. The number of allylic oxidation sites excluding steroid dienone is 10. The van der Waals surface area contributed by atoms with Gasteiger partial charge in [0.1, 0.15) is 12.2 Å². The molecule has 0 aliphatic carbocycles. The minimum Gasteiger partial charge on any atom is -0.457 e. The van der Waals surface area contributed by atoms with Crippen LogP contribution in [0.1, 0.15) is 149 Å². The smallest absolute Gasteiger partial charge is 0.457 e. The molecule has 3 atom stereocenters. The number of carbonyl (C=O) groups excluding carboxylic acids is 1. The molecule has 296 valence electrons. The largest absolute Gasteiger partial charge is 0.472 e. The summed E-state index contributed by atoms with van der Waals surface area (Å²) in [5.41, 5.74) is 0. The van der Waals surface area contributed by atoms with Crippen molar-refractivity contribution in [1.82, 2.24) is 0 Å². The average Bonchev–Trinajstić information content (AvgIpc) is 3.12. The molecule has 9 nitrogen and oxygen atoms in total. The number of carbonyl (C=O) groups is 1. The van der Waals surface area contributed by atoms with Gasteiger partial charge in [-0.1, -0.05) is 126 Å². The first-order valence-corrected chi connectivity index (χ1v) is 21.3. The van der Waals surface area contributed by atoms with Gasteiger partial charge >= 0.3 is 13.8 Å². The Hall–Kier alpha value is -1.84. The van der Waals surface area contributed by atoms with Gasteiger partial charge < -0.3 is 24.6 Å². The number of rotatable bonds is 37. The fourth-order valence-electron chi connectivity index (χ4n) is 4.93. The lowest BCUT2D eigenvalue weighted by molar-refractivity contribution is -0.154. The monoisotopic (exact) mass is 740 g/mol. The van der Waals surface area contributed by atoms with E-state index < -0.39 is 45.8 Å². The van der Waals surface area contributed by atoms with Gasteiger partial charge in [-0.2, -0.15) is 0 Å². The molecule has 0 aliphatic heterocycles. The molecule has 3 N–H and O–H groups in total. The lowest BCUT2D eigenvalue weighted by Gasteiger charge is -2.20. The normalized spacial score (nSPS) is 14.8. The lowest BCUT2D eigenvalue weighted by Crippen LogP contribution is -2.29. The summed E-state index contributed by atoms with van der Waals surface area (Å²) in [6.07, 6.45) is 41.7. The van der Waals surface area contributed by atoms with Crippen molar-refractivity contribution >= 4 is 13.8 Å². The summed E-state index contributed by atoms with van der Waals surface area (Å²) in [6, 6.07) is 0. The Bertz CT molecular complexity index is 976. The van der Waals surface area contributed by atoms with Crippen LogP contribution in [0, 0.1) is 0 Å². The topological polar surface area (TPSA) is 132 Å². The van der Waals surface area contributed by atoms with Crippen molar-refractivity contribution < 1.29 is 43.0 Å². The summed E-state index contributed by atoms with van der Waals surface area (Å²) in [5.74, 6) is -0.411. The van der Waals surface area contributed by atoms with E-state index in [-0.39, 0.29) is 13.0 Å². The molecule has 0 aromatic rings. The predicted molar refractivity (Wildman–Crippen MR) is 210 cm³/mol. The van der Waals surface area contributed by atoms with Crippen LogP contribution in [0.4, 0.5) is 0 Å². The van der Waals surface area contributed by atoms with E-state index in [1.54, 1.807) is 0 Å². The van der Waals surface area contributed by atoms with Crippen LogP contribution in [0.2, 0.25) is 0 Å². The fraction of sp³-hybridized carbons (Fsp3) is 0.732. The van der Waals surface area contributed by atoms with Gasteiger partial charge in [-0.25, -0.2) is 4.57 Å². The van der Waals surface area contributed by atoms with E-state index in [1.165, 1.54) is 44.9 Å². The number of phosphoric ester groups is 1. The van der Waals surface area contributed by atoms with Gasteiger partial charge in [0.15, 0.2) is 0 Å². The zero-order valence-corrected chi connectivity index (χ0v) is 32.9. The van der Waals surface area contributed by atoms with Crippen molar-refractivity contribution in [2.45, 2.75) is 161 Å². The minimum atomic E-state index is -4.52. The van der Waals surface area contributed by atoms with Crippen LogP contribution in [0.25, 0.3) is 0 Å². The van der Waals surface area contributed by atoms with Crippen LogP contribution >= 0.6 is 7.82 Å². The van der Waals surface area contributed by atoms with Gasteiger partial charge in [-0.05, 0) is 77.0 Å². The summed E-state index contributed by atoms with van der Waals surface area (Å²) >= 11 is 0. The second-order valence-electron chi connectivity index (χ2n) is 12.9. The molecule has 0 amide bonds. The first-order valence-electron chi connectivity index (χ1n) is 19.8. The van der Waals surface area contributed by atoms with Crippen LogP contribution in [0.15, 0.2) is 60.8 Å². The number of phosphoric acid groups is 1. The molecular weight excluding hydrogens is 667 g/mol. The van der Waals surface area contributed by atoms with Gasteiger partial charge in [-0.3, -0.25) is 13.8 Å². The van der Waals surface area contributed by atoms with Crippen molar-refractivity contribution in [3.63, 3.8) is 0 Å². The summed E-state index contributed by atoms with van der Waals surface area (Å²) < 4.78 is 33.2. The van der Waals surface area contributed by atoms with E-state index in [2.05, 4.69) is 74.6 Å². The number of aliphatic hydroxyl groups is 2. The summed E-state index contributed by atoms with van der Waals surface area (Å²) in [6.45, 7) is 3.31. The molecule has 0 radical (unpaired) electrons. The van der Waals surface area contributed by atoms with Gasteiger partial charge in [-0.15, -0.1) is 0 Å². The zero-order valence-electron chi connectivity index (χ0n) is 32.1. The third-order valence-electron chi connectivity index (χ3n) is 7.94. The van der Waals surface area contributed by atoms with Crippen molar-refractivity contribution in [3.05, 3.63) is 60.8 Å². The molecule has 0 saturated heterocycles. The van der Waals surface area contributed by atoms with E-state index in [0.717, 1.165) is 77.0 Å². The first kappa shape index (κ1) is 49.2. The molecule has 0 rings (SSSR count). The van der Waals surface area contributed by atoms with Crippen molar-refractivity contribution in [2.24, 2.45) is 0 Å². The van der Waals surface area contributed by atoms with Crippen molar-refractivity contribution in [2.75, 3.05) is 33.0 Å². The molecule has 10 heteroatoms. The molecular formula is C41H73O9P. The fourth-order valence-corrected chi connectivity index (χ4v) is 5.72. The second-order valence-corrected chi connectivity index (χ2v) is 14.4. The number of hydrogen-bond donors (Lipinski definition) is 3. The Morgan fingerprint density at radius 3 is 1.71 bits per heavy atom. The standard InChI is InChI=1S/C41H73O9P/c1-3-5-7-9-11-13-15-17-18-19-20-21-23-25-27-29-31-33-41(44)50-40(38-49-51(45,46)48-36-39(43)35-42)37-47-34-32-30-28-26-24-22-16-14-12-10-8-6-4-2/h5,7,11-14,17-18,20-21,39-40,42-43H,3-4,6,8-10,15-16,19,22-38H2,1-2H3,(H,45,46)/b7-5-,13-11-,14-12-,18-17-,21-20-. The maximum atomic E-state index is 12.6. The van der Waals surface area contributed by atoms with Gasteiger partial charge in [0.25, 0.3) is 0 Å². The number of aliphatic hydroxyl groups excluding tert-OH is 2. The van der Waals surface area contributed by atoms with Crippen LogP contribution in [-0.2, 0) is 27.9 Å². The van der Waals surface area contributed by atoms with Gasteiger partial charge in [0, 0.05) is 13.0 Å². The molecule has 0 aliphatic rings. The summed E-state index contributed by atoms with van der Waals surface area (Å²) in [5, 5.41) is 18.3. The summed E-state index contributed by atoms with van der Waals surface area (Å²) in [7, 11) is -4.52. The molecule has 0 aromatic carbocycles. The molecule has 0 bridgehead atoms. The Morgan fingerprint density at radius 2 is 1.12 bits per heavy atom. The Kier molecular flexibility index (Phi) is 36.5. The van der Waals surface area contributed by atoms with Gasteiger partial charge in [0.05, 0.1) is 26.4 Å². The van der Waals surface area contributed by atoms with Gasteiger partial charge in [0.2, 0.25) is 0 Å². The van der Waals surface area contributed by atoms with Crippen LogP contribution in [0.5, 0.6) is 0 Å². The van der Waals surface area contributed by atoms with Crippen LogP contribution < -0.4 is 0 Å². The van der Waals surface area contributed by atoms with E-state index in [9.17, 15) is 19.4 Å². The third-order valence-corrected chi connectivity index (χ3v) is 8.89. The maximum Gasteiger partial charge on any atom is 0.472 e. The molecule has 0 aromatic heterocycles. The number of hydrogen-bond acceptors (Lipinski definition) is 8. The quantitative estimate of drug-likeness (QED) is 0.0246. The molecule has 0 heterocycles. The highest BCUT2D eigenvalue weighted by Gasteiger charge is 2.26. The highest BCUT2D eigenvalue weighted by Crippen LogP contribution is 2.43. The molecule has 0 saturated carbocycles. The SMILES string of the molecule is CC/C=C\C/C=C\C/C=C\C/C=C\CCCCCCC(=O)OC(COCCCCCCCC/C=C\CCCCC)COP(=O)(O)OCC(O)CO. The zero-order chi connectivity index (χ0) is 37.5. The van der Waals surface area contributed by atoms with Crippen molar-refractivity contribution in [1.29, 1.82) is 0 Å². The Balaban J connectivity index is 4.29. The van der Waals surface area contributed by atoms with Crippen molar-refractivity contribution in [3.8, 4) is 0 Å². The average molecular weight is 741 g/mol. The molecule has 51 heavy (non-hydrogen) atoms. The number of ether oxygens (including phenoxy) is 2. The molecule has 0 spiro atoms. The van der Waals surface area contributed by atoms with E-state index in [0.29, 0.717) is 13.0 Å². The number of esters is 1. The van der Waals surface area contributed by atoms with E-state index in [4.69, 9.17) is 23.6 Å². The highest BCUT2D eigenvalue weighted by atomic mass is 31.2. The van der Waals surface area contributed by atoms with Crippen LogP contribution in [-0.4, -0.2) is 66.3 Å². The Labute approximate surface area is 310 Å². The minimum absolute atomic E-state index is 0.0322. The first-order chi connectivity index (χ1) is 24.8. The van der Waals surface area contributed by atoms with Crippen LogP contribution in [0.3, 0.4) is 0 Å². The molecule has 0 fully saturated rings. The van der Waals surface area contributed by atoms with E-state index in [1.807, 2.05) is 0 Å². The Morgan fingerprint density at radius 1 is 0.627 bits per heavy atom. The van der Waals surface area contributed by atoms with E-state index >= 15 is 0 Å².